The number of hydrogen-bond acceptors (Lipinski definition) is 2. The average molecular weight is 406 g/mol. The molecule has 20 heavy (non-hydrogen) atoms. The van der Waals surface area contributed by atoms with Crippen LogP contribution < -0.4 is 11.1 Å². The van der Waals surface area contributed by atoms with Gasteiger partial charge in [-0.25, -0.2) is 8.78 Å². The van der Waals surface area contributed by atoms with Crippen LogP contribution in [0.4, 0.5) is 20.2 Å². The number of carbonyl (C=O) groups excluding carboxylic acids is 1. The standard InChI is InChI=1S/C13H8Br2F2N2O/c14-7-3-6(4-8(15)5-7)13(20)19-12-10(18)2-1-9(16)11(12)17/h1-5H,18H2,(H,19,20). The molecule has 7 heteroatoms. The van der Waals surface area contributed by atoms with E-state index in [1.54, 1.807) is 18.2 Å². The Morgan fingerprint density at radius 2 is 1.70 bits per heavy atom. The van der Waals surface area contributed by atoms with Crippen molar-refractivity contribution in [1.29, 1.82) is 0 Å². The second-order valence-corrected chi connectivity index (χ2v) is 5.77. The van der Waals surface area contributed by atoms with Crippen molar-refractivity contribution < 1.29 is 13.6 Å². The summed E-state index contributed by atoms with van der Waals surface area (Å²) in [6, 6.07) is 6.93. The topological polar surface area (TPSA) is 55.1 Å². The lowest BCUT2D eigenvalue weighted by molar-refractivity contribution is 0.102. The Morgan fingerprint density at radius 3 is 2.30 bits per heavy atom. The average Bonchev–Trinajstić information content (AvgIpc) is 2.38. The molecular weight excluding hydrogens is 398 g/mol. The zero-order valence-electron chi connectivity index (χ0n) is 9.88. The maximum Gasteiger partial charge on any atom is 0.255 e. The van der Waals surface area contributed by atoms with Crippen molar-refractivity contribution in [3.05, 3.63) is 56.5 Å². The predicted molar refractivity (Wildman–Crippen MR) is 80.6 cm³/mol. The Labute approximate surface area is 130 Å². The molecule has 0 radical (unpaired) electrons. The molecular formula is C13H8Br2F2N2O. The summed E-state index contributed by atoms with van der Waals surface area (Å²) in [7, 11) is 0. The number of nitrogens with one attached hydrogen (secondary N) is 1. The highest BCUT2D eigenvalue weighted by Gasteiger charge is 2.16. The SMILES string of the molecule is Nc1ccc(F)c(F)c1NC(=O)c1cc(Br)cc(Br)c1. The fourth-order valence-corrected chi connectivity index (χ4v) is 2.86. The van der Waals surface area contributed by atoms with Gasteiger partial charge in [0.25, 0.3) is 5.91 Å². The van der Waals surface area contributed by atoms with E-state index in [2.05, 4.69) is 37.2 Å². The van der Waals surface area contributed by atoms with Crippen LogP contribution in [0.5, 0.6) is 0 Å². The van der Waals surface area contributed by atoms with E-state index >= 15 is 0 Å². The summed E-state index contributed by atoms with van der Waals surface area (Å²) >= 11 is 6.48. The van der Waals surface area contributed by atoms with E-state index in [-0.39, 0.29) is 16.9 Å². The van der Waals surface area contributed by atoms with E-state index in [1.165, 1.54) is 6.07 Å². The lowest BCUT2D eigenvalue weighted by Gasteiger charge is -2.10. The van der Waals surface area contributed by atoms with Crippen LogP contribution in [0.2, 0.25) is 0 Å². The van der Waals surface area contributed by atoms with E-state index < -0.39 is 17.5 Å². The number of carbonyl (C=O) groups is 1. The molecule has 0 aliphatic heterocycles. The van der Waals surface area contributed by atoms with Gasteiger partial charge in [-0.05, 0) is 30.3 Å². The largest absolute Gasteiger partial charge is 0.397 e. The van der Waals surface area contributed by atoms with Gasteiger partial charge in [-0.3, -0.25) is 4.79 Å². The quantitative estimate of drug-likeness (QED) is 0.731. The number of rotatable bonds is 2. The van der Waals surface area contributed by atoms with Gasteiger partial charge in [-0.1, -0.05) is 31.9 Å². The van der Waals surface area contributed by atoms with Gasteiger partial charge in [0, 0.05) is 14.5 Å². The Morgan fingerprint density at radius 1 is 1.10 bits per heavy atom. The normalized spacial score (nSPS) is 10.4. The molecule has 0 aromatic heterocycles. The number of hydrogen-bond donors (Lipinski definition) is 2. The molecule has 3 nitrogen and oxygen atoms in total. The number of nitrogen functional groups attached to an aromatic ring is 1. The number of anilines is 2. The molecule has 2 aromatic carbocycles. The van der Waals surface area contributed by atoms with Crippen molar-refractivity contribution in [1.82, 2.24) is 0 Å². The van der Waals surface area contributed by atoms with Crippen LogP contribution in [0.25, 0.3) is 0 Å². The zero-order valence-corrected chi connectivity index (χ0v) is 13.1. The highest BCUT2D eigenvalue weighted by Crippen LogP contribution is 2.26. The van der Waals surface area contributed by atoms with Gasteiger partial charge in [0.05, 0.1) is 5.69 Å². The Bertz CT molecular complexity index is 672. The fraction of sp³-hybridized carbons (Fsp3) is 0. The Balaban J connectivity index is 2.35. The summed E-state index contributed by atoms with van der Waals surface area (Å²) in [6.07, 6.45) is 0. The Kier molecular flexibility index (Phi) is 4.39. The van der Waals surface area contributed by atoms with Crippen LogP contribution >= 0.6 is 31.9 Å². The van der Waals surface area contributed by atoms with Crippen LogP contribution in [0.1, 0.15) is 10.4 Å². The Hall–Kier alpha value is -1.47. The number of halogens is 4. The van der Waals surface area contributed by atoms with E-state index in [0.717, 1.165) is 6.07 Å². The third kappa shape index (κ3) is 3.16. The van der Waals surface area contributed by atoms with Crippen LogP contribution in [0, 0.1) is 11.6 Å². The maximum absolute atomic E-state index is 13.6. The van der Waals surface area contributed by atoms with Crippen LogP contribution in [0.3, 0.4) is 0 Å². The number of amides is 1. The minimum atomic E-state index is -1.19. The predicted octanol–water partition coefficient (Wildman–Crippen LogP) is 4.32. The summed E-state index contributed by atoms with van der Waals surface area (Å²) < 4.78 is 28.1. The third-order valence-electron chi connectivity index (χ3n) is 2.49. The molecule has 0 spiro atoms. The monoisotopic (exact) mass is 404 g/mol. The minimum absolute atomic E-state index is 0.0497. The van der Waals surface area contributed by atoms with Crippen molar-refractivity contribution >= 4 is 49.1 Å². The molecule has 1 amide bonds. The van der Waals surface area contributed by atoms with Gasteiger partial charge in [0.2, 0.25) is 0 Å². The second-order valence-electron chi connectivity index (χ2n) is 3.94. The molecule has 0 atom stereocenters. The van der Waals surface area contributed by atoms with Gasteiger partial charge < -0.3 is 11.1 Å². The first-order valence-electron chi connectivity index (χ1n) is 5.39. The summed E-state index contributed by atoms with van der Waals surface area (Å²) in [6.45, 7) is 0. The van der Waals surface area contributed by atoms with Crippen LogP contribution in [0.15, 0.2) is 39.3 Å². The number of benzene rings is 2. The first-order valence-corrected chi connectivity index (χ1v) is 6.98. The molecule has 0 saturated carbocycles. The maximum atomic E-state index is 13.6. The van der Waals surface area contributed by atoms with Crippen molar-refractivity contribution in [3.63, 3.8) is 0 Å². The van der Waals surface area contributed by atoms with Crippen molar-refractivity contribution in [2.75, 3.05) is 11.1 Å². The minimum Gasteiger partial charge on any atom is -0.397 e. The highest BCUT2D eigenvalue weighted by molar-refractivity contribution is 9.11. The molecule has 0 aliphatic rings. The molecule has 0 fully saturated rings. The van der Waals surface area contributed by atoms with Gasteiger partial charge >= 0.3 is 0 Å². The highest BCUT2D eigenvalue weighted by atomic mass is 79.9. The molecule has 0 unspecified atom stereocenters. The van der Waals surface area contributed by atoms with Crippen LogP contribution in [-0.2, 0) is 0 Å². The molecule has 104 valence electrons. The van der Waals surface area contributed by atoms with E-state index in [4.69, 9.17) is 5.73 Å². The molecule has 0 heterocycles. The first kappa shape index (κ1) is 14.9. The molecule has 0 saturated heterocycles. The van der Waals surface area contributed by atoms with E-state index in [1.807, 2.05) is 0 Å². The summed E-state index contributed by atoms with van der Waals surface area (Å²) in [5, 5.41) is 2.27. The second kappa shape index (κ2) is 5.88. The van der Waals surface area contributed by atoms with Crippen molar-refractivity contribution in [2.24, 2.45) is 0 Å². The lowest BCUT2D eigenvalue weighted by atomic mass is 10.2. The smallest absolute Gasteiger partial charge is 0.255 e. The number of nitrogens with two attached hydrogens (primary N) is 1. The van der Waals surface area contributed by atoms with Gasteiger partial charge in [-0.2, -0.15) is 0 Å². The fourth-order valence-electron chi connectivity index (χ4n) is 1.56. The van der Waals surface area contributed by atoms with Crippen LogP contribution in [-0.4, -0.2) is 5.91 Å². The van der Waals surface area contributed by atoms with Gasteiger partial charge in [0.1, 0.15) is 5.69 Å². The van der Waals surface area contributed by atoms with Crippen molar-refractivity contribution in [2.45, 2.75) is 0 Å². The summed E-state index contributed by atoms with van der Waals surface area (Å²) in [4.78, 5) is 12.0. The molecule has 2 rings (SSSR count). The molecule has 0 bridgehead atoms. The first-order chi connectivity index (χ1) is 9.38. The molecule has 0 aliphatic carbocycles. The van der Waals surface area contributed by atoms with Crippen molar-refractivity contribution in [3.8, 4) is 0 Å². The van der Waals surface area contributed by atoms with Gasteiger partial charge in [-0.15, -0.1) is 0 Å². The van der Waals surface area contributed by atoms with Gasteiger partial charge in [0.15, 0.2) is 11.6 Å². The summed E-state index contributed by atoms with van der Waals surface area (Å²) in [5.74, 6) is -2.86. The summed E-state index contributed by atoms with van der Waals surface area (Å²) in [5.41, 5.74) is 5.39. The van der Waals surface area contributed by atoms with E-state index in [0.29, 0.717) is 8.95 Å². The third-order valence-corrected chi connectivity index (χ3v) is 3.41. The lowest BCUT2D eigenvalue weighted by Crippen LogP contribution is -2.15. The molecule has 3 N–H and O–H groups in total. The molecule has 2 aromatic rings. The zero-order chi connectivity index (χ0) is 14.9. The van der Waals surface area contributed by atoms with E-state index in [9.17, 15) is 13.6 Å².